The molecular weight excluding hydrogens is 278 g/mol. The molecule has 19 heavy (non-hydrogen) atoms. The number of carbonyl (C=O) groups excluding carboxylic acids is 1. The van der Waals surface area contributed by atoms with E-state index in [-0.39, 0.29) is 5.91 Å². The second kappa shape index (κ2) is 6.84. The van der Waals surface area contributed by atoms with Crippen molar-refractivity contribution in [2.45, 2.75) is 26.1 Å². The lowest BCUT2D eigenvalue weighted by molar-refractivity contribution is -0.142. The fourth-order valence-electron chi connectivity index (χ4n) is 1.75. The maximum atomic E-state index is 12.3. The fourth-order valence-corrected chi connectivity index (χ4v) is 3.19. The van der Waals surface area contributed by atoms with Gasteiger partial charge in [0.1, 0.15) is 6.10 Å². The van der Waals surface area contributed by atoms with Crippen molar-refractivity contribution in [2.24, 2.45) is 0 Å². The van der Waals surface area contributed by atoms with Crippen LogP contribution in [0.15, 0.2) is 35.0 Å². The lowest BCUT2D eigenvalue weighted by atomic mass is 10.3. The Bertz CT molecular complexity index is 457. The van der Waals surface area contributed by atoms with Gasteiger partial charge in [-0.25, -0.2) is 0 Å². The minimum atomic E-state index is -0.403. The van der Waals surface area contributed by atoms with Crippen molar-refractivity contribution in [3.8, 4) is 0 Å². The summed E-state index contributed by atoms with van der Waals surface area (Å²) in [5, 5.41) is 4.06. The number of thiophene rings is 2. The number of methoxy groups -OCH3 is 1. The minimum Gasteiger partial charge on any atom is -0.372 e. The average molecular weight is 295 g/mol. The zero-order valence-corrected chi connectivity index (χ0v) is 12.7. The van der Waals surface area contributed by atoms with E-state index in [1.54, 1.807) is 36.7 Å². The Morgan fingerprint density at radius 3 is 2.11 bits per heavy atom. The van der Waals surface area contributed by atoms with Crippen molar-refractivity contribution >= 4 is 28.6 Å². The molecule has 1 unspecified atom stereocenters. The van der Waals surface area contributed by atoms with E-state index in [0.29, 0.717) is 13.1 Å². The first-order valence-corrected chi connectivity index (χ1v) is 7.83. The van der Waals surface area contributed by atoms with Gasteiger partial charge in [-0.15, -0.1) is 22.7 Å². The summed E-state index contributed by atoms with van der Waals surface area (Å²) < 4.78 is 5.15. The van der Waals surface area contributed by atoms with Crippen LogP contribution in [0.4, 0.5) is 0 Å². The average Bonchev–Trinajstić information content (AvgIpc) is 3.09. The molecule has 0 aliphatic heterocycles. The van der Waals surface area contributed by atoms with Crippen molar-refractivity contribution < 1.29 is 9.53 Å². The molecule has 0 aliphatic rings. The maximum Gasteiger partial charge on any atom is 0.252 e. The van der Waals surface area contributed by atoms with Crippen molar-refractivity contribution in [3.63, 3.8) is 0 Å². The van der Waals surface area contributed by atoms with Gasteiger partial charge in [0, 0.05) is 16.9 Å². The molecular formula is C14H17NO2S2. The van der Waals surface area contributed by atoms with Crippen LogP contribution in [0.1, 0.15) is 16.7 Å². The molecule has 0 fully saturated rings. The van der Waals surface area contributed by atoms with E-state index in [1.165, 1.54) is 9.75 Å². The van der Waals surface area contributed by atoms with Gasteiger partial charge in [-0.2, -0.15) is 0 Å². The summed E-state index contributed by atoms with van der Waals surface area (Å²) in [4.78, 5) is 16.6. The van der Waals surface area contributed by atoms with E-state index in [2.05, 4.69) is 12.1 Å². The zero-order chi connectivity index (χ0) is 13.7. The molecule has 0 spiro atoms. The van der Waals surface area contributed by atoms with Crippen LogP contribution < -0.4 is 0 Å². The van der Waals surface area contributed by atoms with Crippen LogP contribution in [0, 0.1) is 0 Å². The highest BCUT2D eigenvalue weighted by atomic mass is 32.1. The summed E-state index contributed by atoms with van der Waals surface area (Å²) in [5.41, 5.74) is 0. The number of carbonyl (C=O) groups is 1. The molecule has 1 atom stereocenters. The van der Waals surface area contributed by atoms with Gasteiger partial charge in [0.25, 0.3) is 5.91 Å². The molecule has 0 aromatic carbocycles. The van der Waals surface area contributed by atoms with Crippen LogP contribution >= 0.6 is 22.7 Å². The normalized spacial score (nSPS) is 12.3. The molecule has 1 amide bonds. The monoisotopic (exact) mass is 295 g/mol. The highest BCUT2D eigenvalue weighted by molar-refractivity contribution is 7.10. The summed E-state index contributed by atoms with van der Waals surface area (Å²) in [5.74, 6) is 0.0318. The van der Waals surface area contributed by atoms with E-state index < -0.39 is 6.10 Å². The van der Waals surface area contributed by atoms with E-state index in [1.807, 2.05) is 27.8 Å². The number of ether oxygens (including phenoxy) is 1. The molecule has 2 aromatic heterocycles. The quantitative estimate of drug-likeness (QED) is 0.817. The number of hydrogen-bond acceptors (Lipinski definition) is 4. The summed E-state index contributed by atoms with van der Waals surface area (Å²) in [6, 6.07) is 8.12. The summed E-state index contributed by atoms with van der Waals surface area (Å²) in [6.07, 6.45) is -0.403. The third-order valence-corrected chi connectivity index (χ3v) is 4.59. The van der Waals surface area contributed by atoms with Crippen molar-refractivity contribution in [1.29, 1.82) is 0 Å². The van der Waals surface area contributed by atoms with Gasteiger partial charge in [-0.3, -0.25) is 4.79 Å². The van der Waals surface area contributed by atoms with Gasteiger partial charge >= 0.3 is 0 Å². The standard InChI is InChI=1S/C14H17NO2S2/c1-11(17-2)14(16)15(9-12-5-3-7-18-12)10-13-6-4-8-19-13/h3-8,11H,9-10H2,1-2H3. The van der Waals surface area contributed by atoms with Crippen LogP contribution in [0.2, 0.25) is 0 Å². The largest absolute Gasteiger partial charge is 0.372 e. The molecule has 3 nitrogen and oxygen atoms in total. The Kier molecular flexibility index (Phi) is 5.13. The molecule has 0 saturated heterocycles. The molecule has 0 saturated carbocycles. The van der Waals surface area contributed by atoms with E-state index in [4.69, 9.17) is 4.74 Å². The van der Waals surface area contributed by atoms with Gasteiger partial charge in [0.15, 0.2) is 0 Å². The Hall–Kier alpha value is -1.17. The molecule has 0 aliphatic carbocycles. The topological polar surface area (TPSA) is 29.5 Å². The van der Waals surface area contributed by atoms with E-state index in [9.17, 15) is 4.79 Å². The Balaban J connectivity index is 2.10. The Morgan fingerprint density at radius 2 is 1.74 bits per heavy atom. The van der Waals surface area contributed by atoms with Crippen LogP contribution in [-0.4, -0.2) is 24.0 Å². The zero-order valence-electron chi connectivity index (χ0n) is 11.0. The second-order valence-electron chi connectivity index (χ2n) is 4.23. The van der Waals surface area contributed by atoms with Crippen molar-refractivity contribution in [2.75, 3.05) is 7.11 Å². The van der Waals surface area contributed by atoms with Gasteiger partial charge in [-0.1, -0.05) is 12.1 Å². The van der Waals surface area contributed by atoms with E-state index >= 15 is 0 Å². The third-order valence-electron chi connectivity index (χ3n) is 2.87. The number of amides is 1. The smallest absolute Gasteiger partial charge is 0.252 e. The fraction of sp³-hybridized carbons (Fsp3) is 0.357. The third kappa shape index (κ3) is 3.89. The SMILES string of the molecule is COC(C)C(=O)N(Cc1cccs1)Cc1cccs1. The highest BCUT2D eigenvalue weighted by Crippen LogP contribution is 2.18. The van der Waals surface area contributed by atoms with Crippen LogP contribution in [-0.2, 0) is 22.6 Å². The predicted molar refractivity (Wildman–Crippen MR) is 79.4 cm³/mol. The summed E-state index contributed by atoms with van der Waals surface area (Å²) in [7, 11) is 1.57. The number of rotatable bonds is 6. The molecule has 102 valence electrons. The Labute approximate surface area is 121 Å². The first-order chi connectivity index (χ1) is 9.20. The minimum absolute atomic E-state index is 0.0318. The number of hydrogen-bond donors (Lipinski definition) is 0. The summed E-state index contributed by atoms with van der Waals surface area (Å²) >= 11 is 3.34. The van der Waals surface area contributed by atoms with Crippen LogP contribution in [0.5, 0.6) is 0 Å². The Morgan fingerprint density at radius 1 is 1.21 bits per heavy atom. The molecule has 2 aromatic rings. The van der Waals surface area contributed by atoms with Crippen molar-refractivity contribution in [1.82, 2.24) is 4.90 Å². The predicted octanol–water partition coefficient (Wildman–Crippen LogP) is 3.37. The molecule has 2 heterocycles. The van der Waals surface area contributed by atoms with Crippen LogP contribution in [0.3, 0.4) is 0 Å². The number of nitrogens with zero attached hydrogens (tertiary/aromatic N) is 1. The van der Waals surface area contributed by atoms with Crippen molar-refractivity contribution in [3.05, 3.63) is 44.8 Å². The lowest BCUT2D eigenvalue weighted by Crippen LogP contribution is -2.37. The molecule has 5 heteroatoms. The summed E-state index contributed by atoms with van der Waals surface area (Å²) in [6.45, 7) is 3.07. The molecule has 0 N–H and O–H groups in total. The van der Waals surface area contributed by atoms with Gasteiger partial charge in [0.2, 0.25) is 0 Å². The first-order valence-electron chi connectivity index (χ1n) is 6.07. The van der Waals surface area contributed by atoms with Gasteiger partial charge < -0.3 is 9.64 Å². The van der Waals surface area contributed by atoms with Crippen LogP contribution in [0.25, 0.3) is 0 Å². The lowest BCUT2D eigenvalue weighted by Gasteiger charge is -2.24. The highest BCUT2D eigenvalue weighted by Gasteiger charge is 2.21. The molecule has 0 radical (unpaired) electrons. The van der Waals surface area contributed by atoms with Gasteiger partial charge in [-0.05, 0) is 29.8 Å². The van der Waals surface area contributed by atoms with E-state index in [0.717, 1.165) is 0 Å². The second-order valence-corrected chi connectivity index (χ2v) is 6.30. The molecule has 0 bridgehead atoms. The van der Waals surface area contributed by atoms with Gasteiger partial charge in [0.05, 0.1) is 13.1 Å². The maximum absolute atomic E-state index is 12.3. The first kappa shape index (κ1) is 14.2. The molecule has 2 rings (SSSR count).